The van der Waals surface area contributed by atoms with Crippen LogP contribution in [0.25, 0.3) is 0 Å². The second-order valence-electron chi connectivity index (χ2n) is 10.7. The number of hydrogen-bond acceptors (Lipinski definition) is 7. The van der Waals surface area contributed by atoms with Gasteiger partial charge in [-0.3, -0.25) is 39.0 Å². The summed E-state index contributed by atoms with van der Waals surface area (Å²) in [7, 11) is 1.87. The number of carboxylic acid groups (broad SMARTS) is 1. The van der Waals surface area contributed by atoms with Crippen LogP contribution in [0, 0.1) is 11.8 Å². The Labute approximate surface area is 220 Å². The fourth-order valence-electron chi connectivity index (χ4n) is 6.31. The van der Waals surface area contributed by atoms with Crippen LogP contribution < -0.4 is 10.2 Å². The second-order valence-corrected chi connectivity index (χ2v) is 10.7. The SMILES string of the molecule is CN(c1cccc2c1C(=O)N(C1CCC(=O)NC1=O)C2=O)C1CCN(C(=O)C2CCC(C(=O)O)CC2)CC1. The fraction of sp³-hybridized carbons (Fsp3) is 0.556. The molecule has 38 heavy (non-hydrogen) atoms. The molecule has 0 spiro atoms. The minimum Gasteiger partial charge on any atom is -0.481 e. The van der Waals surface area contributed by atoms with E-state index in [2.05, 4.69) is 5.32 Å². The number of aliphatic carboxylic acids is 1. The van der Waals surface area contributed by atoms with E-state index in [4.69, 9.17) is 0 Å². The highest BCUT2D eigenvalue weighted by Gasteiger charge is 2.46. The molecular formula is C27H32N4O7. The molecule has 1 aromatic carbocycles. The summed E-state index contributed by atoms with van der Waals surface area (Å²) >= 11 is 0. The van der Waals surface area contributed by atoms with Crippen LogP contribution in [0.15, 0.2) is 18.2 Å². The van der Waals surface area contributed by atoms with Gasteiger partial charge in [-0.15, -0.1) is 0 Å². The average molecular weight is 525 g/mol. The summed E-state index contributed by atoms with van der Waals surface area (Å²) < 4.78 is 0. The summed E-state index contributed by atoms with van der Waals surface area (Å²) in [6.45, 7) is 1.13. The zero-order valence-electron chi connectivity index (χ0n) is 21.4. The van der Waals surface area contributed by atoms with E-state index in [-0.39, 0.29) is 47.8 Å². The molecule has 4 aliphatic rings. The largest absolute Gasteiger partial charge is 0.481 e. The van der Waals surface area contributed by atoms with Gasteiger partial charge in [0, 0.05) is 38.5 Å². The van der Waals surface area contributed by atoms with Crippen LogP contribution in [0.3, 0.4) is 0 Å². The van der Waals surface area contributed by atoms with E-state index in [9.17, 15) is 33.9 Å². The molecule has 1 aromatic rings. The van der Waals surface area contributed by atoms with Gasteiger partial charge in [0.15, 0.2) is 0 Å². The normalized spacial score (nSPS) is 26.3. The molecule has 1 saturated carbocycles. The molecule has 5 amide bonds. The number of likely N-dealkylation sites (tertiary alicyclic amines) is 1. The van der Waals surface area contributed by atoms with E-state index in [1.165, 1.54) is 0 Å². The van der Waals surface area contributed by atoms with Gasteiger partial charge in [-0.25, -0.2) is 0 Å². The molecule has 1 unspecified atom stereocenters. The lowest BCUT2D eigenvalue weighted by Crippen LogP contribution is -2.54. The van der Waals surface area contributed by atoms with Crippen molar-refractivity contribution in [3.8, 4) is 0 Å². The molecule has 5 rings (SSSR count). The Morgan fingerprint density at radius 3 is 2.21 bits per heavy atom. The fourth-order valence-corrected chi connectivity index (χ4v) is 6.31. The van der Waals surface area contributed by atoms with Crippen molar-refractivity contribution in [3.63, 3.8) is 0 Å². The zero-order valence-corrected chi connectivity index (χ0v) is 21.4. The van der Waals surface area contributed by atoms with Crippen molar-refractivity contribution in [2.75, 3.05) is 25.0 Å². The van der Waals surface area contributed by atoms with Crippen LogP contribution >= 0.6 is 0 Å². The van der Waals surface area contributed by atoms with Crippen molar-refractivity contribution in [1.82, 2.24) is 15.1 Å². The van der Waals surface area contributed by atoms with Gasteiger partial charge in [0.2, 0.25) is 17.7 Å². The van der Waals surface area contributed by atoms with E-state index in [0.717, 1.165) is 4.90 Å². The van der Waals surface area contributed by atoms with Crippen LogP contribution in [0.2, 0.25) is 0 Å². The number of carbonyl (C=O) groups excluding carboxylic acids is 5. The highest BCUT2D eigenvalue weighted by atomic mass is 16.4. The Bertz CT molecular complexity index is 1200. The Morgan fingerprint density at radius 2 is 1.58 bits per heavy atom. The van der Waals surface area contributed by atoms with Gasteiger partial charge >= 0.3 is 5.97 Å². The van der Waals surface area contributed by atoms with Crippen molar-refractivity contribution < 1.29 is 33.9 Å². The molecule has 11 heteroatoms. The third-order valence-corrected chi connectivity index (χ3v) is 8.58. The van der Waals surface area contributed by atoms with Gasteiger partial charge in [0.1, 0.15) is 6.04 Å². The number of nitrogens with one attached hydrogen (secondary N) is 1. The van der Waals surface area contributed by atoms with Crippen molar-refractivity contribution >= 4 is 41.2 Å². The summed E-state index contributed by atoms with van der Waals surface area (Å²) in [4.78, 5) is 79.7. The first-order valence-electron chi connectivity index (χ1n) is 13.3. The number of nitrogens with zero attached hydrogens (tertiary/aromatic N) is 3. The van der Waals surface area contributed by atoms with E-state index in [0.29, 0.717) is 57.3 Å². The monoisotopic (exact) mass is 524 g/mol. The number of imide groups is 2. The van der Waals surface area contributed by atoms with E-state index in [1.807, 2.05) is 16.8 Å². The molecule has 202 valence electrons. The molecule has 0 radical (unpaired) electrons. The van der Waals surface area contributed by atoms with Crippen LogP contribution in [0.1, 0.15) is 72.1 Å². The molecule has 0 bridgehead atoms. The molecule has 1 aliphatic carbocycles. The van der Waals surface area contributed by atoms with Crippen molar-refractivity contribution in [2.45, 2.75) is 63.5 Å². The molecule has 3 aliphatic heterocycles. The Kier molecular flexibility index (Phi) is 6.93. The standard InChI is InChI=1S/C27H32N4O7/c1-29(17-11-13-30(14-12-17)24(34)15-5-7-16(8-6-15)27(37)38)19-4-2-3-18-22(19)26(36)31(25(18)35)20-9-10-21(32)28-23(20)33/h2-4,15-17,20H,5-14H2,1H3,(H,37,38)(H,28,32,33). The topological polar surface area (TPSA) is 144 Å². The number of rotatable bonds is 5. The molecule has 1 atom stereocenters. The maximum Gasteiger partial charge on any atom is 0.306 e. The number of amides is 5. The highest BCUT2D eigenvalue weighted by Crippen LogP contribution is 2.36. The lowest BCUT2D eigenvalue weighted by molar-refractivity contribution is -0.146. The van der Waals surface area contributed by atoms with Gasteiger partial charge in [0.25, 0.3) is 11.8 Å². The third kappa shape index (κ3) is 4.54. The Morgan fingerprint density at radius 1 is 0.921 bits per heavy atom. The van der Waals surface area contributed by atoms with Crippen molar-refractivity contribution in [2.24, 2.45) is 11.8 Å². The van der Waals surface area contributed by atoms with Crippen LogP contribution in [-0.2, 0) is 19.2 Å². The number of benzene rings is 1. The maximum absolute atomic E-state index is 13.4. The number of anilines is 1. The first-order valence-corrected chi connectivity index (χ1v) is 13.3. The molecule has 2 N–H and O–H groups in total. The summed E-state index contributed by atoms with van der Waals surface area (Å²) in [5, 5.41) is 11.4. The molecule has 11 nitrogen and oxygen atoms in total. The molecule has 3 heterocycles. The average Bonchev–Trinajstić information content (AvgIpc) is 3.17. The van der Waals surface area contributed by atoms with E-state index < -0.39 is 35.6 Å². The summed E-state index contributed by atoms with van der Waals surface area (Å²) in [6.07, 6.45) is 3.82. The highest BCUT2D eigenvalue weighted by molar-refractivity contribution is 6.25. The molecule has 0 aromatic heterocycles. The number of carboxylic acids is 1. The summed E-state index contributed by atoms with van der Waals surface area (Å²) in [5.74, 6) is -3.30. The Hall–Kier alpha value is -3.76. The predicted molar refractivity (Wildman–Crippen MR) is 134 cm³/mol. The number of carbonyl (C=O) groups is 6. The molecule has 3 fully saturated rings. The molecular weight excluding hydrogens is 492 g/mol. The second kappa shape index (κ2) is 10.2. The van der Waals surface area contributed by atoms with Gasteiger partial charge in [0.05, 0.1) is 22.7 Å². The minimum atomic E-state index is -1.02. The van der Waals surface area contributed by atoms with Gasteiger partial charge < -0.3 is 14.9 Å². The zero-order chi connectivity index (χ0) is 27.1. The third-order valence-electron chi connectivity index (χ3n) is 8.58. The van der Waals surface area contributed by atoms with E-state index >= 15 is 0 Å². The Balaban J connectivity index is 1.25. The lowest BCUT2D eigenvalue weighted by atomic mass is 9.81. The summed E-state index contributed by atoms with van der Waals surface area (Å²) in [5.41, 5.74) is 1.11. The van der Waals surface area contributed by atoms with Crippen LogP contribution in [0.4, 0.5) is 5.69 Å². The van der Waals surface area contributed by atoms with Crippen molar-refractivity contribution in [3.05, 3.63) is 29.3 Å². The van der Waals surface area contributed by atoms with Crippen molar-refractivity contribution in [1.29, 1.82) is 0 Å². The first kappa shape index (κ1) is 25.9. The first-order chi connectivity index (χ1) is 18.2. The maximum atomic E-state index is 13.4. The lowest BCUT2D eigenvalue weighted by Gasteiger charge is -2.40. The van der Waals surface area contributed by atoms with Gasteiger partial charge in [-0.2, -0.15) is 0 Å². The quantitative estimate of drug-likeness (QED) is 0.550. The number of hydrogen-bond donors (Lipinski definition) is 2. The van der Waals surface area contributed by atoms with Gasteiger partial charge in [-0.05, 0) is 57.1 Å². The summed E-state index contributed by atoms with van der Waals surface area (Å²) in [6, 6.07) is 4.12. The van der Waals surface area contributed by atoms with Crippen LogP contribution in [-0.4, -0.2) is 82.6 Å². The predicted octanol–water partition coefficient (Wildman–Crippen LogP) is 1.41. The van der Waals surface area contributed by atoms with E-state index in [1.54, 1.807) is 18.2 Å². The number of piperidine rings is 2. The smallest absolute Gasteiger partial charge is 0.306 e. The number of fused-ring (bicyclic) bond motifs is 1. The minimum absolute atomic E-state index is 0.0425. The van der Waals surface area contributed by atoms with Gasteiger partial charge in [-0.1, -0.05) is 6.07 Å². The van der Waals surface area contributed by atoms with Crippen LogP contribution in [0.5, 0.6) is 0 Å². The molecule has 2 saturated heterocycles.